The molecule has 2 aromatic rings. The molecule has 5 nitrogen and oxygen atoms in total. The topological polar surface area (TPSA) is 75.3 Å². The Balaban J connectivity index is 1.91. The van der Waals surface area contributed by atoms with Crippen molar-refractivity contribution >= 4 is 15.9 Å². The zero-order valence-corrected chi connectivity index (χ0v) is 15.3. The van der Waals surface area contributed by atoms with Crippen LogP contribution < -0.4 is 10.0 Å². The van der Waals surface area contributed by atoms with Crippen LogP contribution in [0.15, 0.2) is 59.5 Å². The van der Waals surface area contributed by atoms with E-state index < -0.39 is 10.0 Å². The Morgan fingerprint density at radius 2 is 1.64 bits per heavy atom. The first kappa shape index (κ1) is 19.1. The molecule has 0 radical (unpaired) electrons. The summed E-state index contributed by atoms with van der Waals surface area (Å²) in [6.45, 7) is 4.78. The highest BCUT2D eigenvalue weighted by molar-refractivity contribution is 7.89. The van der Waals surface area contributed by atoms with Crippen LogP contribution in [0, 0.1) is 5.92 Å². The molecule has 25 heavy (non-hydrogen) atoms. The van der Waals surface area contributed by atoms with Crippen LogP contribution in [-0.2, 0) is 16.4 Å². The molecule has 1 amide bonds. The van der Waals surface area contributed by atoms with Crippen LogP contribution >= 0.6 is 0 Å². The van der Waals surface area contributed by atoms with Crippen LogP contribution in [0.5, 0.6) is 0 Å². The van der Waals surface area contributed by atoms with E-state index >= 15 is 0 Å². The molecule has 0 heterocycles. The van der Waals surface area contributed by atoms with Crippen molar-refractivity contribution in [2.24, 2.45) is 5.92 Å². The Kier molecular flexibility index (Phi) is 6.73. The van der Waals surface area contributed by atoms with E-state index in [-0.39, 0.29) is 16.7 Å². The molecule has 0 saturated heterocycles. The third-order valence-corrected chi connectivity index (χ3v) is 5.09. The number of hydrogen-bond donors (Lipinski definition) is 2. The van der Waals surface area contributed by atoms with E-state index in [0.717, 1.165) is 12.0 Å². The fraction of sp³-hybridized carbons (Fsp3) is 0.316. The number of rotatable bonds is 8. The van der Waals surface area contributed by atoms with Gasteiger partial charge in [0.2, 0.25) is 10.0 Å². The summed E-state index contributed by atoms with van der Waals surface area (Å²) in [6, 6.07) is 15.9. The monoisotopic (exact) mass is 360 g/mol. The average molecular weight is 360 g/mol. The molecule has 0 atom stereocenters. The third-order valence-electron chi connectivity index (χ3n) is 3.65. The molecule has 0 aliphatic carbocycles. The van der Waals surface area contributed by atoms with Gasteiger partial charge in [0, 0.05) is 18.7 Å². The Morgan fingerprint density at radius 1 is 1.00 bits per heavy atom. The highest BCUT2D eigenvalue weighted by atomic mass is 32.2. The van der Waals surface area contributed by atoms with Crippen molar-refractivity contribution in [3.8, 4) is 0 Å². The maximum Gasteiger partial charge on any atom is 0.251 e. The lowest BCUT2D eigenvalue weighted by Gasteiger charge is -2.10. The van der Waals surface area contributed by atoms with E-state index in [4.69, 9.17) is 0 Å². The van der Waals surface area contributed by atoms with Crippen LogP contribution in [0.1, 0.15) is 29.8 Å². The largest absolute Gasteiger partial charge is 0.352 e. The highest BCUT2D eigenvalue weighted by Gasteiger charge is 2.15. The molecule has 0 bridgehead atoms. The van der Waals surface area contributed by atoms with Gasteiger partial charge in [0.05, 0.1) is 4.90 Å². The number of carbonyl (C=O) groups is 1. The number of nitrogens with one attached hydrogen (secondary N) is 2. The zero-order chi connectivity index (χ0) is 18.3. The zero-order valence-electron chi connectivity index (χ0n) is 14.5. The lowest BCUT2D eigenvalue weighted by molar-refractivity contribution is 0.0954. The highest BCUT2D eigenvalue weighted by Crippen LogP contribution is 2.11. The second-order valence-electron chi connectivity index (χ2n) is 6.26. The molecular weight excluding hydrogens is 336 g/mol. The van der Waals surface area contributed by atoms with Crippen LogP contribution in [0.25, 0.3) is 0 Å². The number of hydrogen-bond acceptors (Lipinski definition) is 3. The first-order valence-electron chi connectivity index (χ1n) is 8.30. The van der Waals surface area contributed by atoms with E-state index in [1.165, 1.54) is 24.3 Å². The molecule has 2 N–H and O–H groups in total. The normalized spacial score (nSPS) is 11.5. The summed E-state index contributed by atoms with van der Waals surface area (Å²) in [5, 5.41) is 2.84. The summed E-state index contributed by atoms with van der Waals surface area (Å²) in [4.78, 5) is 12.3. The minimum atomic E-state index is -3.53. The molecule has 2 rings (SSSR count). The Labute approximate surface area is 149 Å². The second-order valence-corrected chi connectivity index (χ2v) is 8.03. The molecule has 0 saturated carbocycles. The van der Waals surface area contributed by atoms with Gasteiger partial charge in [0.1, 0.15) is 0 Å². The second kappa shape index (κ2) is 8.78. The van der Waals surface area contributed by atoms with E-state index in [9.17, 15) is 13.2 Å². The number of benzene rings is 2. The lowest BCUT2D eigenvalue weighted by Crippen LogP contribution is -2.28. The lowest BCUT2D eigenvalue weighted by atomic mass is 10.1. The Morgan fingerprint density at radius 3 is 2.24 bits per heavy atom. The number of sulfonamides is 1. The van der Waals surface area contributed by atoms with Crippen LogP contribution in [0.3, 0.4) is 0 Å². The maximum absolute atomic E-state index is 12.1. The molecule has 0 fully saturated rings. The van der Waals surface area contributed by atoms with E-state index in [1.54, 1.807) is 0 Å². The van der Waals surface area contributed by atoms with Crippen molar-refractivity contribution in [3.63, 3.8) is 0 Å². The molecule has 0 aliphatic rings. The molecule has 6 heteroatoms. The smallest absolute Gasteiger partial charge is 0.251 e. The molecule has 134 valence electrons. The van der Waals surface area contributed by atoms with Gasteiger partial charge in [-0.25, -0.2) is 13.1 Å². The first-order valence-corrected chi connectivity index (χ1v) is 9.78. The summed E-state index contributed by atoms with van der Waals surface area (Å²) in [7, 11) is -3.53. The standard InChI is InChI=1S/C19H24N2O3S/c1-15(2)14-21-25(23,24)18-10-8-17(9-11-18)19(22)20-13-12-16-6-4-3-5-7-16/h3-11,15,21H,12-14H2,1-2H3,(H,20,22). The van der Waals surface area contributed by atoms with Crippen LogP contribution in [0.2, 0.25) is 0 Å². The van der Waals surface area contributed by atoms with Crippen molar-refractivity contribution in [2.75, 3.05) is 13.1 Å². The molecular formula is C19H24N2O3S. The van der Waals surface area contributed by atoms with Gasteiger partial charge in [-0.1, -0.05) is 44.2 Å². The molecule has 0 unspecified atom stereocenters. The van der Waals surface area contributed by atoms with Gasteiger partial charge in [-0.3, -0.25) is 4.79 Å². The van der Waals surface area contributed by atoms with Crippen molar-refractivity contribution < 1.29 is 13.2 Å². The summed E-state index contributed by atoms with van der Waals surface area (Å²) < 4.78 is 26.8. The Hall–Kier alpha value is -2.18. The fourth-order valence-electron chi connectivity index (χ4n) is 2.21. The number of carbonyl (C=O) groups excluding carboxylic acids is 1. The van der Waals surface area contributed by atoms with Crippen LogP contribution in [0.4, 0.5) is 0 Å². The summed E-state index contributed by atoms with van der Waals surface area (Å²) >= 11 is 0. The SMILES string of the molecule is CC(C)CNS(=O)(=O)c1ccc(C(=O)NCCc2ccccc2)cc1. The Bertz CT molecular complexity index is 785. The van der Waals surface area contributed by atoms with Crippen molar-refractivity contribution in [2.45, 2.75) is 25.2 Å². The summed E-state index contributed by atoms with van der Waals surface area (Å²) in [6.07, 6.45) is 0.748. The van der Waals surface area contributed by atoms with Gasteiger partial charge >= 0.3 is 0 Å². The third kappa shape index (κ3) is 5.99. The molecule has 0 spiro atoms. The van der Waals surface area contributed by atoms with Gasteiger partial charge in [-0.2, -0.15) is 0 Å². The first-order chi connectivity index (χ1) is 11.9. The van der Waals surface area contributed by atoms with Crippen molar-refractivity contribution in [1.29, 1.82) is 0 Å². The molecule has 0 aliphatic heterocycles. The van der Waals surface area contributed by atoms with E-state index in [1.807, 2.05) is 44.2 Å². The van der Waals surface area contributed by atoms with Gasteiger partial charge in [-0.05, 0) is 42.2 Å². The molecule has 0 aromatic heterocycles. The van der Waals surface area contributed by atoms with Gasteiger partial charge in [-0.15, -0.1) is 0 Å². The van der Waals surface area contributed by atoms with E-state index in [2.05, 4.69) is 10.0 Å². The van der Waals surface area contributed by atoms with Gasteiger partial charge < -0.3 is 5.32 Å². The quantitative estimate of drug-likeness (QED) is 0.760. The van der Waals surface area contributed by atoms with Crippen molar-refractivity contribution in [1.82, 2.24) is 10.0 Å². The van der Waals surface area contributed by atoms with Gasteiger partial charge in [0.15, 0.2) is 0 Å². The predicted octanol–water partition coefficient (Wildman–Crippen LogP) is 2.59. The summed E-state index contributed by atoms with van der Waals surface area (Å²) in [5.41, 5.74) is 1.59. The van der Waals surface area contributed by atoms with E-state index in [0.29, 0.717) is 18.7 Å². The number of amides is 1. The minimum Gasteiger partial charge on any atom is -0.352 e. The predicted molar refractivity (Wildman–Crippen MR) is 98.9 cm³/mol. The maximum atomic E-state index is 12.1. The van der Waals surface area contributed by atoms with Gasteiger partial charge in [0.25, 0.3) is 5.91 Å². The van der Waals surface area contributed by atoms with Crippen molar-refractivity contribution in [3.05, 3.63) is 65.7 Å². The summed E-state index contributed by atoms with van der Waals surface area (Å²) in [5.74, 6) is 0.0134. The molecule has 2 aromatic carbocycles. The average Bonchev–Trinajstić information content (AvgIpc) is 2.61. The minimum absolute atomic E-state index is 0.161. The van der Waals surface area contributed by atoms with Crippen LogP contribution in [-0.4, -0.2) is 27.4 Å². The fourth-order valence-corrected chi connectivity index (χ4v) is 3.43.